The summed E-state index contributed by atoms with van der Waals surface area (Å²) in [6.07, 6.45) is 0. The van der Waals surface area contributed by atoms with Gasteiger partial charge in [-0.25, -0.2) is 9.78 Å². The highest BCUT2D eigenvalue weighted by atomic mass is 35.5. The van der Waals surface area contributed by atoms with Crippen LogP contribution in [-0.2, 0) is 4.79 Å². The third-order valence-corrected chi connectivity index (χ3v) is 8.54. The maximum absolute atomic E-state index is 13.0. The number of thioether (sulfide) groups is 1. The monoisotopic (exact) mass is 625 g/mol. The first-order valence-corrected chi connectivity index (χ1v) is 14.0. The number of hydrogen-bond acceptors (Lipinski definition) is 6. The van der Waals surface area contributed by atoms with E-state index < -0.39 is 28.0 Å². The number of carboxylic acid groups (broad SMARTS) is 1. The summed E-state index contributed by atoms with van der Waals surface area (Å²) in [4.78, 5) is 42.3. The Morgan fingerprint density at radius 2 is 1.55 bits per heavy atom. The summed E-state index contributed by atoms with van der Waals surface area (Å²) in [5, 5.41) is 16.0. The summed E-state index contributed by atoms with van der Waals surface area (Å²) in [7, 11) is 0. The van der Waals surface area contributed by atoms with Crippen molar-refractivity contribution in [2.75, 3.05) is 16.4 Å². The quantitative estimate of drug-likeness (QED) is 0.104. The van der Waals surface area contributed by atoms with Gasteiger partial charge < -0.3 is 15.7 Å². The molecule has 7 nitrogen and oxygen atoms in total. The van der Waals surface area contributed by atoms with Gasteiger partial charge in [-0.05, 0) is 18.2 Å². The highest BCUT2D eigenvalue weighted by Crippen LogP contribution is 2.42. The molecule has 1 aromatic heterocycles. The first-order valence-electron chi connectivity index (χ1n) is 10.6. The van der Waals surface area contributed by atoms with Crippen molar-refractivity contribution in [1.29, 1.82) is 0 Å². The number of amides is 2. The zero-order valence-electron chi connectivity index (χ0n) is 18.9. The van der Waals surface area contributed by atoms with Gasteiger partial charge >= 0.3 is 5.97 Å². The summed E-state index contributed by atoms with van der Waals surface area (Å²) in [5.41, 5.74) is 1.08. The molecule has 194 valence electrons. The van der Waals surface area contributed by atoms with E-state index >= 15 is 0 Å². The Balaban J connectivity index is 1.42. The predicted octanol–water partition coefficient (Wildman–Crippen LogP) is 8.11. The second kappa shape index (κ2) is 12.4. The number of carboxylic acids is 1. The Morgan fingerprint density at radius 3 is 2.24 bits per heavy atom. The number of thiazole rings is 1. The standard InChI is InChI=1S/C25H15Cl4N3O4S2/c26-19-17(18(24(35)36)20(27)22(29)21(19)28)23(34)30-13-7-4-8-14(9-13)37-11-16(33)32-25-31-15(10-38-25)12-5-2-1-3-6-12/h1-10H,11H2,(H,30,34)(H,35,36)(H,31,32,33). The number of rotatable bonds is 8. The van der Waals surface area contributed by atoms with Crippen LogP contribution in [0.2, 0.25) is 20.1 Å². The van der Waals surface area contributed by atoms with Crippen molar-refractivity contribution < 1.29 is 19.5 Å². The molecule has 38 heavy (non-hydrogen) atoms. The van der Waals surface area contributed by atoms with Crippen molar-refractivity contribution >= 4 is 98.1 Å². The van der Waals surface area contributed by atoms with Crippen molar-refractivity contribution in [2.24, 2.45) is 0 Å². The zero-order valence-corrected chi connectivity index (χ0v) is 23.6. The van der Waals surface area contributed by atoms with Crippen molar-refractivity contribution in [3.05, 3.63) is 91.2 Å². The van der Waals surface area contributed by atoms with E-state index in [1.54, 1.807) is 24.3 Å². The number of benzene rings is 3. The Morgan fingerprint density at radius 1 is 0.868 bits per heavy atom. The van der Waals surface area contributed by atoms with Crippen LogP contribution in [0.15, 0.2) is 64.9 Å². The minimum atomic E-state index is -1.49. The Labute approximate surface area is 245 Å². The molecular formula is C25H15Cl4N3O4S2. The smallest absolute Gasteiger partial charge is 0.338 e. The van der Waals surface area contributed by atoms with E-state index in [9.17, 15) is 19.5 Å². The van der Waals surface area contributed by atoms with Crippen LogP contribution in [-0.4, -0.2) is 33.6 Å². The summed E-state index contributed by atoms with van der Waals surface area (Å²) >= 11 is 26.7. The van der Waals surface area contributed by atoms with Crippen LogP contribution in [0.25, 0.3) is 11.3 Å². The maximum Gasteiger partial charge on any atom is 0.338 e. The molecule has 0 saturated heterocycles. The SMILES string of the molecule is O=C(CSc1cccc(NC(=O)c2c(Cl)c(Cl)c(Cl)c(Cl)c2C(=O)O)c1)Nc1nc(-c2ccccc2)cs1. The molecule has 3 aromatic carbocycles. The topological polar surface area (TPSA) is 108 Å². The number of halogens is 4. The second-order valence-corrected chi connectivity index (χ2v) is 11.0. The molecule has 0 saturated carbocycles. The highest BCUT2D eigenvalue weighted by molar-refractivity contribution is 8.00. The molecule has 0 fully saturated rings. The zero-order chi connectivity index (χ0) is 27.4. The van der Waals surface area contributed by atoms with Gasteiger partial charge in [0.25, 0.3) is 5.91 Å². The van der Waals surface area contributed by atoms with Crippen molar-refractivity contribution in [1.82, 2.24) is 4.98 Å². The molecule has 0 unspecified atom stereocenters. The lowest BCUT2D eigenvalue weighted by Gasteiger charge is -2.14. The molecule has 0 aliphatic rings. The van der Waals surface area contributed by atoms with Gasteiger partial charge in [-0.3, -0.25) is 9.59 Å². The average molecular weight is 627 g/mol. The lowest BCUT2D eigenvalue weighted by atomic mass is 10.1. The van der Waals surface area contributed by atoms with Gasteiger partial charge in [0.2, 0.25) is 5.91 Å². The summed E-state index contributed by atoms with van der Waals surface area (Å²) in [5.74, 6) is -2.49. The van der Waals surface area contributed by atoms with Crippen molar-refractivity contribution in [2.45, 2.75) is 4.90 Å². The molecular weight excluding hydrogens is 612 g/mol. The number of aromatic carboxylic acids is 1. The summed E-state index contributed by atoms with van der Waals surface area (Å²) in [6, 6.07) is 16.3. The molecule has 0 atom stereocenters. The number of anilines is 2. The first-order chi connectivity index (χ1) is 18.2. The Hall–Kier alpha value is -2.79. The first kappa shape index (κ1) is 28.2. The molecule has 4 aromatic rings. The third-order valence-electron chi connectivity index (χ3n) is 4.99. The van der Waals surface area contributed by atoms with Crippen molar-refractivity contribution in [3.63, 3.8) is 0 Å². The van der Waals surface area contributed by atoms with E-state index in [-0.39, 0.29) is 26.7 Å². The number of nitrogens with zero attached hydrogens (tertiary/aromatic N) is 1. The Kier molecular flexibility index (Phi) is 9.19. The summed E-state index contributed by atoms with van der Waals surface area (Å²) in [6.45, 7) is 0. The van der Waals surface area contributed by atoms with Gasteiger partial charge in [-0.15, -0.1) is 23.1 Å². The van der Waals surface area contributed by atoms with E-state index in [1.807, 2.05) is 35.7 Å². The fourth-order valence-corrected chi connectivity index (χ4v) is 5.79. The fourth-order valence-electron chi connectivity index (χ4n) is 3.28. The van der Waals surface area contributed by atoms with E-state index in [1.165, 1.54) is 23.1 Å². The molecule has 3 N–H and O–H groups in total. The molecule has 13 heteroatoms. The van der Waals surface area contributed by atoms with Crippen LogP contribution >= 0.6 is 69.5 Å². The van der Waals surface area contributed by atoms with Crippen LogP contribution in [0, 0.1) is 0 Å². The largest absolute Gasteiger partial charge is 0.478 e. The fraction of sp³-hybridized carbons (Fsp3) is 0.0400. The molecule has 0 aliphatic carbocycles. The second-order valence-electron chi connectivity index (χ2n) is 7.53. The number of aromatic nitrogens is 1. The van der Waals surface area contributed by atoms with Crippen LogP contribution in [0.3, 0.4) is 0 Å². The molecule has 0 radical (unpaired) electrons. The average Bonchev–Trinajstić information content (AvgIpc) is 3.37. The van der Waals surface area contributed by atoms with Gasteiger partial charge in [0.1, 0.15) is 0 Å². The van der Waals surface area contributed by atoms with Crippen molar-refractivity contribution in [3.8, 4) is 11.3 Å². The number of carbonyl (C=O) groups is 3. The van der Waals surface area contributed by atoms with E-state index in [4.69, 9.17) is 46.4 Å². The normalized spacial score (nSPS) is 10.7. The number of hydrogen-bond donors (Lipinski definition) is 3. The minimum Gasteiger partial charge on any atom is -0.478 e. The lowest BCUT2D eigenvalue weighted by Crippen LogP contribution is -2.18. The molecule has 0 spiro atoms. The maximum atomic E-state index is 13.0. The number of carbonyl (C=O) groups excluding carboxylic acids is 2. The minimum absolute atomic E-state index is 0.0923. The number of nitrogens with one attached hydrogen (secondary N) is 2. The molecule has 1 heterocycles. The lowest BCUT2D eigenvalue weighted by molar-refractivity contribution is -0.113. The molecule has 0 aliphatic heterocycles. The summed E-state index contributed by atoms with van der Waals surface area (Å²) < 4.78 is 0. The highest BCUT2D eigenvalue weighted by Gasteiger charge is 2.29. The molecule has 4 rings (SSSR count). The van der Waals surface area contributed by atoms with Crippen LogP contribution in [0.5, 0.6) is 0 Å². The Bertz CT molecular complexity index is 1550. The van der Waals surface area contributed by atoms with E-state index in [2.05, 4.69) is 15.6 Å². The molecule has 0 bridgehead atoms. The molecule has 2 amide bonds. The third kappa shape index (κ3) is 6.43. The van der Waals surface area contributed by atoms with Gasteiger partial charge in [0.15, 0.2) is 5.13 Å². The van der Waals surface area contributed by atoms with Gasteiger partial charge in [-0.2, -0.15) is 0 Å². The van der Waals surface area contributed by atoms with Gasteiger partial charge in [0.05, 0.1) is 42.7 Å². The van der Waals surface area contributed by atoms with Crippen LogP contribution < -0.4 is 10.6 Å². The predicted molar refractivity (Wildman–Crippen MR) is 155 cm³/mol. The van der Waals surface area contributed by atoms with Gasteiger partial charge in [-0.1, -0.05) is 82.8 Å². The van der Waals surface area contributed by atoms with Crippen LogP contribution in [0.4, 0.5) is 10.8 Å². The van der Waals surface area contributed by atoms with Crippen LogP contribution in [0.1, 0.15) is 20.7 Å². The van der Waals surface area contributed by atoms with Gasteiger partial charge in [0, 0.05) is 21.5 Å². The van der Waals surface area contributed by atoms with E-state index in [0.29, 0.717) is 15.7 Å². The van der Waals surface area contributed by atoms with E-state index in [0.717, 1.165) is 11.3 Å².